The van der Waals surface area contributed by atoms with Crippen molar-refractivity contribution >= 4 is 40.1 Å². The molecular formula is C19H17N5O3. The molecule has 136 valence electrons. The van der Waals surface area contributed by atoms with Crippen LogP contribution in [-0.4, -0.2) is 39.3 Å². The Labute approximate surface area is 154 Å². The highest BCUT2D eigenvalue weighted by atomic mass is 16.2. The first-order valence-corrected chi connectivity index (χ1v) is 8.55. The number of benzene rings is 2. The Morgan fingerprint density at radius 2 is 1.85 bits per heavy atom. The Hall–Kier alpha value is -3.55. The van der Waals surface area contributed by atoms with Crippen molar-refractivity contribution in [2.45, 2.75) is 13.3 Å². The van der Waals surface area contributed by atoms with Crippen LogP contribution in [-0.2, 0) is 9.59 Å². The van der Waals surface area contributed by atoms with Gasteiger partial charge in [-0.3, -0.25) is 14.4 Å². The number of para-hydroxylation sites is 1. The van der Waals surface area contributed by atoms with E-state index in [1.807, 2.05) is 12.1 Å². The number of hydrogen-bond donors (Lipinski definition) is 1. The van der Waals surface area contributed by atoms with E-state index < -0.39 is 5.92 Å². The Morgan fingerprint density at radius 3 is 2.59 bits per heavy atom. The minimum absolute atomic E-state index is 0.120. The minimum Gasteiger partial charge on any atom is -0.326 e. The molecule has 0 aliphatic carbocycles. The number of hydrogen-bond acceptors (Lipinski definition) is 5. The smallest absolute Gasteiger partial charge is 0.254 e. The van der Waals surface area contributed by atoms with Gasteiger partial charge >= 0.3 is 0 Å². The zero-order valence-electron chi connectivity index (χ0n) is 14.6. The molecule has 4 rings (SSSR count). The molecule has 2 aromatic carbocycles. The van der Waals surface area contributed by atoms with Crippen LogP contribution in [0.2, 0.25) is 0 Å². The van der Waals surface area contributed by atoms with Crippen LogP contribution in [0.4, 0.5) is 11.4 Å². The molecule has 1 aliphatic heterocycles. The predicted molar refractivity (Wildman–Crippen MR) is 99.4 cm³/mol. The number of nitrogens with one attached hydrogen (secondary N) is 1. The van der Waals surface area contributed by atoms with E-state index in [2.05, 4.69) is 15.6 Å². The zero-order valence-corrected chi connectivity index (χ0v) is 14.6. The number of carbonyl (C=O) groups is 3. The Bertz CT molecular complexity index is 1040. The molecule has 0 radical (unpaired) electrons. The number of fused-ring (bicyclic) bond motifs is 1. The molecule has 2 amide bonds. The van der Waals surface area contributed by atoms with Crippen molar-refractivity contribution in [3.63, 3.8) is 0 Å². The highest BCUT2D eigenvalue weighted by Crippen LogP contribution is 2.27. The summed E-state index contributed by atoms with van der Waals surface area (Å²) >= 11 is 0. The lowest BCUT2D eigenvalue weighted by Crippen LogP contribution is -2.28. The molecule has 27 heavy (non-hydrogen) atoms. The van der Waals surface area contributed by atoms with Gasteiger partial charge in [0.2, 0.25) is 11.8 Å². The van der Waals surface area contributed by atoms with Gasteiger partial charge < -0.3 is 10.2 Å². The summed E-state index contributed by atoms with van der Waals surface area (Å²) < 4.78 is 1.27. The van der Waals surface area contributed by atoms with Gasteiger partial charge in [-0.25, -0.2) is 0 Å². The first-order chi connectivity index (χ1) is 13.0. The average Bonchev–Trinajstić information content (AvgIpc) is 3.25. The summed E-state index contributed by atoms with van der Waals surface area (Å²) in [6.07, 6.45) is 0.125. The maximum absolute atomic E-state index is 12.9. The third-order valence-corrected chi connectivity index (χ3v) is 4.53. The summed E-state index contributed by atoms with van der Waals surface area (Å²) in [7, 11) is 0. The Balaban J connectivity index is 1.53. The zero-order chi connectivity index (χ0) is 19.0. The summed E-state index contributed by atoms with van der Waals surface area (Å²) in [5, 5.41) is 10.6. The predicted octanol–water partition coefficient (Wildman–Crippen LogP) is 2.08. The maximum atomic E-state index is 12.9. The summed E-state index contributed by atoms with van der Waals surface area (Å²) in [5.41, 5.74) is 2.61. The SMILES string of the molecule is CC(=O)Nc1ccc(N2CC(C(=O)n3nnc4ccccc43)CC2=O)cc1. The first kappa shape index (κ1) is 16.9. The summed E-state index contributed by atoms with van der Waals surface area (Å²) in [4.78, 5) is 38.0. The fourth-order valence-corrected chi connectivity index (χ4v) is 3.26. The molecule has 0 saturated carbocycles. The van der Waals surface area contributed by atoms with Crippen LogP contribution in [0.25, 0.3) is 11.0 Å². The highest BCUT2D eigenvalue weighted by Gasteiger charge is 2.36. The van der Waals surface area contributed by atoms with E-state index in [4.69, 9.17) is 0 Å². The van der Waals surface area contributed by atoms with E-state index in [1.165, 1.54) is 11.6 Å². The lowest BCUT2D eigenvalue weighted by molar-refractivity contribution is -0.117. The maximum Gasteiger partial charge on any atom is 0.254 e. The molecule has 0 bridgehead atoms. The molecule has 1 fully saturated rings. The monoisotopic (exact) mass is 363 g/mol. The first-order valence-electron chi connectivity index (χ1n) is 8.55. The van der Waals surface area contributed by atoms with E-state index in [1.54, 1.807) is 41.3 Å². The molecule has 1 N–H and O–H groups in total. The molecule has 1 atom stereocenters. The van der Waals surface area contributed by atoms with E-state index in [-0.39, 0.29) is 30.7 Å². The number of rotatable bonds is 3. The van der Waals surface area contributed by atoms with Crippen LogP contribution in [0, 0.1) is 5.92 Å². The second-order valence-electron chi connectivity index (χ2n) is 6.46. The number of aromatic nitrogens is 3. The fraction of sp³-hybridized carbons (Fsp3) is 0.211. The molecule has 1 aromatic heterocycles. The lowest BCUT2D eigenvalue weighted by atomic mass is 10.1. The van der Waals surface area contributed by atoms with Crippen molar-refractivity contribution in [3.05, 3.63) is 48.5 Å². The Morgan fingerprint density at radius 1 is 1.11 bits per heavy atom. The van der Waals surface area contributed by atoms with E-state index >= 15 is 0 Å². The molecule has 0 spiro atoms. The van der Waals surface area contributed by atoms with Gasteiger partial charge in [-0.05, 0) is 36.4 Å². The molecule has 2 heterocycles. The molecule has 1 saturated heterocycles. The van der Waals surface area contributed by atoms with Crippen molar-refractivity contribution in [3.8, 4) is 0 Å². The number of amides is 2. The van der Waals surface area contributed by atoms with Crippen molar-refractivity contribution < 1.29 is 14.4 Å². The summed E-state index contributed by atoms with van der Waals surface area (Å²) in [6, 6.07) is 14.2. The second-order valence-corrected chi connectivity index (χ2v) is 6.46. The molecule has 8 heteroatoms. The topological polar surface area (TPSA) is 97.2 Å². The molecule has 3 aromatic rings. The van der Waals surface area contributed by atoms with Crippen LogP contribution in [0.3, 0.4) is 0 Å². The van der Waals surface area contributed by atoms with Crippen molar-refractivity contribution in [1.29, 1.82) is 0 Å². The molecule has 1 unspecified atom stereocenters. The van der Waals surface area contributed by atoms with Crippen LogP contribution in [0.15, 0.2) is 48.5 Å². The van der Waals surface area contributed by atoms with Gasteiger partial charge in [-0.15, -0.1) is 5.10 Å². The van der Waals surface area contributed by atoms with Gasteiger partial charge in [0.05, 0.1) is 11.4 Å². The minimum atomic E-state index is -0.488. The lowest BCUT2D eigenvalue weighted by Gasteiger charge is -2.17. The molecule has 1 aliphatic rings. The van der Waals surface area contributed by atoms with Crippen LogP contribution in [0.1, 0.15) is 18.1 Å². The molecular weight excluding hydrogens is 346 g/mol. The van der Waals surface area contributed by atoms with Crippen LogP contribution >= 0.6 is 0 Å². The standard InChI is InChI=1S/C19H17N5O3/c1-12(25)20-14-6-8-15(9-7-14)23-11-13(10-18(23)26)19(27)24-17-5-3-2-4-16(17)21-22-24/h2-9,13H,10-11H2,1H3,(H,20,25). The summed E-state index contributed by atoms with van der Waals surface area (Å²) in [5.74, 6) is -1.01. The fourth-order valence-electron chi connectivity index (χ4n) is 3.26. The normalized spacial score (nSPS) is 16.7. The van der Waals surface area contributed by atoms with E-state index in [0.29, 0.717) is 22.4 Å². The quantitative estimate of drug-likeness (QED) is 0.768. The van der Waals surface area contributed by atoms with Gasteiger partial charge in [-0.2, -0.15) is 4.68 Å². The van der Waals surface area contributed by atoms with Crippen molar-refractivity contribution in [1.82, 2.24) is 15.0 Å². The Kier molecular flexibility index (Phi) is 4.15. The van der Waals surface area contributed by atoms with E-state index in [9.17, 15) is 14.4 Å². The van der Waals surface area contributed by atoms with Crippen LogP contribution in [0.5, 0.6) is 0 Å². The van der Waals surface area contributed by atoms with Crippen molar-refractivity contribution in [2.24, 2.45) is 5.92 Å². The van der Waals surface area contributed by atoms with Crippen molar-refractivity contribution in [2.75, 3.05) is 16.8 Å². The molecule has 8 nitrogen and oxygen atoms in total. The number of carbonyl (C=O) groups excluding carboxylic acids is 3. The van der Waals surface area contributed by atoms with Gasteiger partial charge in [0, 0.05) is 31.3 Å². The highest BCUT2D eigenvalue weighted by molar-refractivity contribution is 6.02. The third kappa shape index (κ3) is 3.17. The second kappa shape index (κ2) is 6.64. The largest absolute Gasteiger partial charge is 0.326 e. The van der Waals surface area contributed by atoms with E-state index in [0.717, 1.165) is 0 Å². The van der Waals surface area contributed by atoms with Gasteiger partial charge in [0.1, 0.15) is 5.52 Å². The van der Waals surface area contributed by atoms with Crippen LogP contribution < -0.4 is 10.2 Å². The van der Waals surface area contributed by atoms with Gasteiger partial charge in [-0.1, -0.05) is 17.3 Å². The third-order valence-electron chi connectivity index (χ3n) is 4.53. The van der Waals surface area contributed by atoms with Gasteiger partial charge in [0.15, 0.2) is 0 Å². The number of nitrogens with zero attached hydrogens (tertiary/aromatic N) is 4. The summed E-state index contributed by atoms with van der Waals surface area (Å²) in [6.45, 7) is 1.72. The number of anilines is 2. The average molecular weight is 363 g/mol. The van der Waals surface area contributed by atoms with Gasteiger partial charge in [0.25, 0.3) is 5.91 Å².